The molecule has 2 aliphatic rings. The fraction of sp³-hybridized carbons (Fsp3) is 0.417. The number of hydrogen-bond acceptors (Lipinski definition) is 3. The molecule has 2 unspecified atom stereocenters. The molecule has 0 aromatic heterocycles. The normalized spacial score (nSPS) is 20.0. The van der Waals surface area contributed by atoms with Crippen molar-refractivity contribution in [2.24, 2.45) is 0 Å². The summed E-state index contributed by atoms with van der Waals surface area (Å²) in [6.45, 7) is 1.41. The Morgan fingerprint density at radius 3 is 2.41 bits per heavy atom. The quantitative estimate of drug-likeness (QED) is 0.466. The summed E-state index contributed by atoms with van der Waals surface area (Å²) < 4.78 is 54.3. The molecule has 3 N–H and O–H groups in total. The number of halogens is 5. The van der Waals surface area contributed by atoms with Gasteiger partial charge in [0.25, 0.3) is 0 Å². The highest BCUT2D eigenvalue weighted by Gasteiger charge is 2.53. The van der Waals surface area contributed by atoms with Crippen molar-refractivity contribution in [1.82, 2.24) is 16.0 Å². The van der Waals surface area contributed by atoms with Crippen LogP contribution in [0.25, 0.3) is 0 Å². The first kappa shape index (κ1) is 24.7. The van der Waals surface area contributed by atoms with Crippen LogP contribution in [0, 0.1) is 5.82 Å². The summed E-state index contributed by atoms with van der Waals surface area (Å²) in [4.78, 5) is 26.3. The second-order valence-electron chi connectivity index (χ2n) is 8.83. The molecule has 2 amide bonds. The highest BCUT2D eigenvalue weighted by atomic mass is 79.9. The lowest BCUT2D eigenvalue weighted by Crippen LogP contribution is -2.53. The molecule has 1 saturated heterocycles. The van der Waals surface area contributed by atoms with Gasteiger partial charge in [-0.3, -0.25) is 9.59 Å². The number of alkyl halides is 3. The molecule has 5 nitrogen and oxygen atoms in total. The van der Waals surface area contributed by atoms with Crippen molar-refractivity contribution in [2.75, 3.05) is 13.1 Å². The van der Waals surface area contributed by atoms with E-state index in [0.29, 0.717) is 25.5 Å². The zero-order valence-electron chi connectivity index (χ0n) is 18.1. The van der Waals surface area contributed by atoms with Gasteiger partial charge in [-0.1, -0.05) is 34.1 Å². The standard InChI is InChI=1S/C24H24BrF4N3O2/c25-16-4-1-14(2-5-16)11-20(21(33)31-17-7-10-30-13-17)32-22(34)23(8-9-23)18-6-3-15(12-19(18)26)24(27,28)29/h1-6,12,17,20,30H,7-11,13H2,(H,31,33)(H,32,34). The number of nitrogens with one attached hydrogen (secondary N) is 3. The van der Waals surface area contributed by atoms with Gasteiger partial charge in [0.15, 0.2) is 0 Å². The molecule has 2 aromatic rings. The van der Waals surface area contributed by atoms with Crippen LogP contribution in [0.4, 0.5) is 17.6 Å². The molecule has 0 radical (unpaired) electrons. The molecule has 1 aliphatic carbocycles. The van der Waals surface area contributed by atoms with E-state index in [-0.39, 0.29) is 23.9 Å². The topological polar surface area (TPSA) is 70.2 Å². The van der Waals surface area contributed by atoms with E-state index in [9.17, 15) is 27.2 Å². The molecule has 0 spiro atoms. The molecule has 182 valence electrons. The van der Waals surface area contributed by atoms with Crippen molar-refractivity contribution in [1.29, 1.82) is 0 Å². The number of carbonyl (C=O) groups excluding carboxylic acids is 2. The van der Waals surface area contributed by atoms with Crippen LogP contribution in [0.2, 0.25) is 0 Å². The lowest BCUT2D eigenvalue weighted by atomic mass is 9.92. The van der Waals surface area contributed by atoms with Crippen molar-refractivity contribution in [3.05, 3.63) is 69.4 Å². The van der Waals surface area contributed by atoms with Gasteiger partial charge < -0.3 is 16.0 Å². The molecule has 34 heavy (non-hydrogen) atoms. The maximum Gasteiger partial charge on any atom is 0.416 e. The average molecular weight is 542 g/mol. The third-order valence-electron chi connectivity index (χ3n) is 6.38. The Morgan fingerprint density at radius 1 is 1.15 bits per heavy atom. The zero-order chi connectivity index (χ0) is 24.5. The van der Waals surface area contributed by atoms with E-state index in [1.165, 1.54) is 0 Å². The van der Waals surface area contributed by atoms with Crippen LogP contribution < -0.4 is 16.0 Å². The van der Waals surface area contributed by atoms with Crippen molar-refractivity contribution in [3.63, 3.8) is 0 Å². The molecule has 0 bridgehead atoms. The molecule has 2 atom stereocenters. The third-order valence-corrected chi connectivity index (χ3v) is 6.91. The Morgan fingerprint density at radius 2 is 1.85 bits per heavy atom. The lowest BCUT2D eigenvalue weighted by Gasteiger charge is -2.24. The molecule has 4 rings (SSSR count). The fourth-order valence-electron chi connectivity index (χ4n) is 4.26. The molecule has 1 aliphatic heterocycles. The van der Waals surface area contributed by atoms with Crippen LogP contribution >= 0.6 is 15.9 Å². The third kappa shape index (κ3) is 5.43. The lowest BCUT2D eigenvalue weighted by molar-refractivity contribution is -0.137. The van der Waals surface area contributed by atoms with E-state index in [2.05, 4.69) is 31.9 Å². The molecule has 1 heterocycles. The second kappa shape index (κ2) is 9.65. The van der Waals surface area contributed by atoms with Crippen LogP contribution in [-0.2, 0) is 27.6 Å². The van der Waals surface area contributed by atoms with Gasteiger partial charge in [0.05, 0.1) is 11.0 Å². The fourth-order valence-corrected chi connectivity index (χ4v) is 4.53. The van der Waals surface area contributed by atoms with Crippen molar-refractivity contribution in [3.8, 4) is 0 Å². The minimum Gasteiger partial charge on any atom is -0.350 e. The number of carbonyl (C=O) groups is 2. The van der Waals surface area contributed by atoms with Gasteiger partial charge in [-0.25, -0.2) is 4.39 Å². The number of amides is 2. The smallest absolute Gasteiger partial charge is 0.350 e. The summed E-state index contributed by atoms with van der Waals surface area (Å²) >= 11 is 3.36. The predicted octanol–water partition coefficient (Wildman–Crippen LogP) is 3.84. The van der Waals surface area contributed by atoms with Gasteiger partial charge in [0.1, 0.15) is 11.9 Å². The average Bonchev–Trinajstić information content (AvgIpc) is 3.43. The summed E-state index contributed by atoms with van der Waals surface area (Å²) in [5, 5.41) is 8.86. The van der Waals surface area contributed by atoms with E-state index in [0.717, 1.165) is 35.1 Å². The second-order valence-corrected chi connectivity index (χ2v) is 9.75. The van der Waals surface area contributed by atoms with Gasteiger partial charge in [0, 0.05) is 29.0 Å². The van der Waals surface area contributed by atoms with Crippen molar-refractivity contribution in [2.45, 2.75) is 49.4 Å². The Labute approximate surface area is 202 Å². The van der Waals surface area contributed by atoms with Crippen LogP contribution in [0.15, 0.2) is 46.9 Å². The SMILES string of the molecule is O=C(NC1CCNC1)C(Cc1ccc(Br)cc1)NC(=O)C1(c2ccc(C(F)(F)F)cc2F)CC1. The molecule has 1 saturated carbocycles. The van der Waals surface area contributed by atoms with Crippen molar-refractivity contribution >= 4 is 27.7 Å². The summed E-state index contributed by atoms with van der Waals surface area (Å²) in [5.74, 6) is -1.99. The van der Waals surface area contributed by atoms with Gasteiger partial charge in [-0.15, -0.1) is 0 Å². The largest absolute Gasteiger partial charge is 0.416 e. The van der Waals surface area contributed by atoms with Crippen molar-refractivity contribution < 1.29 is 27.2 Å². The molecule has 2 fully saturated rings. The van der Waals surface area contributed by atoms with E-state index in [1.807, 2.05) is 24.3 Å². The first-order valence-corrected chi connectivity index (χ1v) is 11.8. The first-order chi connectivity index (χ1) is 16.1. The summed E-state index contributed by atoms with van der Waals surface area (Å²) in [6.07, 6.45) is -3.11. The molecular weight excluding hydrogens is 518 g/mol. The number of benzene rings is 2. The predicted molar refractivity (Wildman–Crippen MR) is 122 cm³/mol. The minimum atomic E-state index is -4.68. The Kier molecular flexibility index (Phi) is 7.00. The number of rotatable bonds is 7. The summed E-state index contributed by atoms with van der Waals surface area (Å²) in [6, 6.07) is 8.57. The summed E-state index contributed by atoms with van der Waals surface area (Å²) in [5.41, 5.74) is -1.65. The van der Waals surface area contributed by atoms with E-state index < -0.39 is 34.9 Å². The van der Waals surface area contributed by atoms with Gasteiger partial charge in [0.2, 0.25) is 11.8 Å². The Hall–Kier alpha value is -2.46. The highest BCUT2D eigenvalue weighted by Crippen LogP contribution is 2.50. The van der Waals surface area contributed by atoms with Crippen LogP contribution in [0.3, 0.4) is 0 Å². The maximum absolute atomic E-state index is 14.7. The zero-order valence-corrected chi connectivity index (χ0v) is 19.7. The monoisotopic (exact) mass is 541 g/mol. The molecule has 10 heteroatoms. The van der Waals surface area contributed by atoms with Crippen LogP contribution in [0.5, 0.6) is 0 Å². The number of hydrogen-bond donors (Lipinski definition) is 3. The van der Waals surface area contributed by atoms with Gasteiger partial charge >= 0.3 is 6.18 Å². The van der Waals surface area contributed by atoms with Crippen LogP contribution in [-0.4, -0.2) is 37.0 Å². The van der Waals surface area contributed by atoms with Gasteiger partial charge in [-0.05, 0) is 55.6 Å². The molecular formula is C24H24BrF4N3O2. The van der Waals surface area contributed by atoms with E-state index >= 15 is 0 Å². The Bertz CT molecular complexity index is 1060. The van der Waals surface area contributed by atoms with Gasteiger partial charge in [-0.2, -0.15) is 13.2 Å². The first-order valence-electron chi connectivity index (χ1n) is 11.0. The van der Waals surface area contributed by atoms with E-state index in [4.69, 9.17) is 0 Å². The maximum atomic E-state index is 14.7. The summed E-state index contributed by atoms with van der Waals surface area (Å²) in [7, 11) is 0. The van der Waals surface area contributed by atoms with Crippen LogP contribution in [0.1, 0.15) is 36.0 Å². The minimum absolute atomic E-state index is 0.0564. The Balaban J connectivity index is 1.54. The van der Waals surface area contributed by atoms with E-state index in [1.54, 1.807) is 0 Å². The highest BCUT2D eigenvalue weighted by molar-refractivity contribution is 9.10. The molecule has 2 aromatic carbocycles.